The number of piperazine rings is 1. The number of nitrogens with zero attached hydrogens (tertiary/aromatic N) is 2. The average Bonchev–Trinajstić information content (AvgIpc) is 2.74. The maximum atomic E-state index is 13.1. The second-order valence-corrected chi connectivity index (χ2v) is 8.72. The first-order chi connectivity index (χ1) is 14.3. The predicted octanol–water partition coefficient (Wildman–Crippen LogP) is 1.79. The zero-order valence-corrected chi connectivity index (χ0v) is 17.6. The number of benzene rings is 2. The molecule has 0 unspecified atom stereocenters. The van der Waals surface area contributed by atoms with Crippen molar-refractivity contribution in [3.05, 3.63) is 48.3 Å². The van der Waals surface area contributed by atoms with Crippen LogP contribution >= 0.6 is 0 Å². The molecular formula is C20H24FN3O5S. The highest BCUT2D eigenvalue weighted by Crippen LogP contribution is 2.25. The zero-order valence-electron chi connectivity index (χ0n) is 16.8. The molecule has 1 N–H and O–H groups in total. The number of carbonyl (C=O) groups excluding carboxylic acids is 1. The Labute approximate surface area is 175 Å². The standard InChI is InChI=1S/C20H24FN3O5S/c1-28-17-11-16(12-18(13-17)29-2)22-20(25)14-23-7-9-24(10-8-23)30(26,27)19-5-3-15(21)4-6-19/h3-6,11-13H,7-10,14H2,1-2H3,(H,22,25). The lowest BCUT2D eigenvalue weighted by Gasteiger charge is -2.33. The number of halogens is 1. The summed E-state index contributed by atoms with van der Waals surface area (Å²) in [5, 5.41) is 2.80. The number of carbonyl (C=O) groups is 1. The SMILES string of the molecule is COc1cc(NC(=O)CN2CCN(S(=O)(=O)c3ccc(F)cc3)CC2)cc(OC)c1. The van der Waals surface area contributed by atoms with Crippen molar-refractivity contribution >= 4 is 21.6 Å². The molecule has 2 aromatic rings. The van der Waals surface area contributed by atoms with Crippen LogP contribution in [0.5, 0.6) is 11.5 Å². The van der Waals surface area contributed by atoms with E-state index in [0.717, 1.165) is 12.1 Å². The molecule has 30 heavy (non-hydrogen) atoms. The van der Waals surface area contributed by atoms with Crippen LogP contribution in [-0.2, 0) is 14.8 Å². The van der Waals surface area contributed by atoms with E-state index in [1.54, 1.807) is 18.2 Å². The Morgan fingerprint density at radius 1 is 1.00 bits per heavy atom. The van der Waals surface area contributed by atoms with Gasteiger partial charge in [0.1, 0.15) is 17.3 Å². The highest BCUT2D eigenvalue weighted by atomic mass is 32.2. The van der Waals surface area contributed by atoms with Crippen LogP contribution in [0, 0.1) is 5.82 Å². The van der Waals surface area contributed by atoms with Crippen molar-refractivity contribution < 1.29 is 27.1 Å². The third kappa shape index (κ3) is 5.26. The van der Waals surface area contributed by atoms with Crippen molar-refractivity contribution in [1.82, 2.24) is 9.21 Å². The number of hydrogen-bond donors (Lipinski definition) is 1. The van der Waals surface area contributed by atoms with Crippen LogP contribution in [0.2, 0.25) is 0 Å². The molecule has 1 fully saturated rings. The molecule has 0 spiro atoms. The van der Waals surface area contributed by atoms with Gasteiger partial charge in [0, 0.05) is 50.1 Å². The summed E-state index contributed by atoms with van der Waals surface area (Å²) in [6.45, 7) is 1.45. The summed E-state index contributed by atoms with van der Waals surface area (Å²) in [6.07, 6.45) is 0. The first-order valence-electron chi connectivity index (χ1n) is 9.33. The van der Waals surface area contributed by atoms with E-state index in [9.17, 15) is 17.6 Å². The quantitative estimate of drug-likeness (QED) is 0.711. The van der Waals surface area contributed by atoms with Crippen molar-refractivity contribution in [2.45, 2.75) is 4.90 Å². The lowest BCUT2D eigenvalue weighted by atomic mass is 10.2. The zero-order chi connectivity index (χ0) is 21.7. The van der Waals surface area contributed by atoms with Gasteiger partial charge in [-0.15, -0.1) is 0 Å². The second-order valence-electron chi connectivity index (χ2n) is 6.78. The maximum Gasteiger partial charge on any atom is 0.243 e. The monoisotopic (exact) mass is 437 g/mol. The third-order valence-corrected chi connectivity index (χ3v) is 6.70. The average molecular weight is 437 g/mol. The fourth-order valence-electron chi connectivity index (χ4n) is 3.17. The number of methoxy groups -OCH3 is 2. The Morgan fingerprint density at radius 2 is 1.57 bits per heavy atom. The first-order valence-corrected chi connectivity index (χ1v) is 10.8. The van der Waals surface area contributed by atoms with Gasteiger partial charge in [0.25, 0.3) is 0 Å². The van der Waals surface area contributed by atoms with E-state index in [1.165, 1.54) is 30.7 Å². The van der Waals surface area contributed by atoms with Crippen molar-refractivity contribution in [2.24, 2.45) is 0 Å². The van der Waals surface area contributed by atoms with Gasteiger partial charge in [-0.2, -0.15) is 4.31 Å². The highest BCUT2D eigenvalue weighted by Gasteiger charge is 2.29. The van der Waals surface area contributed by atoms with Crippen LogP contribution in [0.25, 0.3) is 0 Å². The molecule has 1 aliphatic rings. The number of sulfonamides is 1. The van der Waals surface area contributed by atoms with E-state index in [1.807, 2.05) is 4.90 Å². The number of hydrogen-bond acceptors (Lipinski definition) is 6. The molecule has 0 aliphatic carbocycles. The minimum absolute atomic E-state index is 0.0575. The Bertz CT molecular complexity index is 968. The molecule has 1 amide bonds. The molecule has 1 saturated heterocycles. The van der Waals surface area contributed by atoms with Gasteiger partial charge in [-0.1, -0.05) is 0 Å². The number of anilines is 1. The molecule has 0 aromatic heterocycles. The summed E-state index contributed by atoms with van der Waals surface area (Å²) in [7, 11) is -0.628. The fraction of sp³-hybridized carbons (Fsp3) is 0.350. The van der Waals surface area contributed by atoms with Crippen molar-refractivity contribution in [2.75, 3.05) is 52.3 Å². The van der Waals surface area contributed by atoms with E-state index in [2.05, 4.69) is 5.32 Å². The summed E-state index contributed by atoms with van der Waals surface area (Å²) < 4.78 is 50.1. The predicted molar refractivity (Wildman–Crippen MR) is 110 cm³/mol. The van der Waals surface area contributed by atoms with Crippen LogP contribution in [0.1, 0.15) is 0 Å². The molecule has 3 rings (SSSR count). The summed E-state index contributed by atoms with van der Waals surface area (Å²) in [6, 6.07) is 9.85. The Kier molecular flexibility index (Phi) is 6.91. The number of ether oxygens (including phenoxy) is 2. The van der Waals surface area contributed by atoms with Crippen LogP contribution in [0.4, 0.5) is 10.1 Å². The Hall–Kier alpha value is -2.69. The molecule has 162 valence electrons. The van der Waals surface area contributed by atoms with E-state index in [-0.39, 0.29) is 30.4 Å². The lowest BCUT2D eigenvalue weighted by molar-refractivity contribution is -0.117. The third-order valence-electron chi connectivity index (χ3n) is 4.79. The molecule has 1 heterocycles. The van der Waals surface area contributed by atoms with Crippen LogP contribution < -0.4 is 14.8 Å². The first kappa shape index (κ1) is 22.0. The lowest BCUT2D eigenvalue weighted by Crippen LogP contribution is -2.50. The highest BCUT2D eigenvalue weighted by molar-refractivity contribution is 7.89. The molecule has 0 atom stereocenters. The van der Waals surface area contributed by atoms with Crippen LogP contribution in [0.3, 0.4) is 0 Å². The van der Waals surface area contributed by atoms with Gasteiger partial charge in [0.2, 0.25) is 15.9 Å². The normalized spacial score (nSPS) is 15.6. The van der Waals surface area contributed by atoms with Gasteiger partial charge in [-0.25, -0.2) is 12.8 Å². The van der Waals surface area contributed by atoms with Gasteiger partial charge in [0.05, 0.1) is 25.7 Å². The molecule has 0 radical (unpaired) electrons. The van der Waals surface area contributed by atoms with Crippen molar-refractivity contribution in [1.29, 1.82) is 0 Å². The van der Waals surface area contributed by atoms with E-state index >= 15 is 0 Å². The molecule has 0 saturated carbocycles. The largest absolute Gasteiger partial charge is 0.497 e. The number of amides is 1. The molecule has 1 aliphatic heterocycles. The summed E-state index contributed by atoms with van der Waals surface area (Å²) in [5.41, 5.74) is 0.550. The number of rotatable bonds is 7. The van der Waals surface area contributed by atoms with E-state index < -0.39 is 15.8 Å². The van der Waals surface area contributed by atoms with E-state index in [4.69, 9.17) is 9.47 Å². The molecule has 10 heteroatoms. The fourth-order valence-corrected chi connectivity index (χ4v) is 4.59. The Morgan fingerprint density at radius 3 is 2.10 bits per heavy atom. The molecule has 0 bridgehead atoms. The smallest absolute Gasteiger partial charge is 0.243 e. The van der Waals surface area contributed by atoms with E-state index in [0.29, 0.717) is 30.3 Å². The minimum Gasteiger partial charge on any atom is -0.497 e. The summed E-state index contributed by atoms with van der Waals surface area (Å²) in [5.74, 6) is 0.409. The Balaban J connectivity index is 1.55. The minimum atomic E-state index is -3.68. The second kappa shape index (κ2) is 9.41. The van der Waals surface area contributed by atoms with Gasteiger partial charge in [-0.05, 0) is 24.3 Å². The molecule has 2 aromatic carbocycles. The summed E-state index contributed by atoms with van der Waals surface area (Å²) >= 11 is 0. The van der Waals surface area contributed by atoms with Crippen LogP contribution in [0.15, 0.2) is 47.4 Å². The van der Waals surface area contributed by atoms with Crippen molar-refractivity contribution in [3.8, 4) is 11.5 Å². The molecule has 8 nitrogen and oxygen atoms in total. The van der Waals surface area contributed by atoms with Crippen LogP contribution in [-0.4, -0.2) is 70.5 Å². The van der Waals surface area contributed by atoms with Crippen molar-refractivity contribution in [3.63, 3.8) is 0 Å². The topological polar surface area (TPSA) is 88.2 Å². The number of nitrogens with one attached hydrogen (secondary N) is 1. The summed E-state index contributed by atoms with van der Waals surface area (Å²) in [4.78, 5) is 14.3. The van der Waals surface area contributed by atoms with Gasteiger partial charge in [-0.3, -0.25) is 9.69 Å². The molecular weight excluding hydrogens is 413 g/mol. The van der Waals surface area contributed by atoms with Gasteiger partial charge < -0.3 is 14.8 Å². The van der Waals surface area contributed by atoms with Gasteiger partial charge in [0.15, 0.2) is 0 Å². The van der Waals surface area contributed by atoms with Gasteiger partial charge >= 0.3 is 0 Å². The maximum absolute atomic E-state index is 13.1.